The number of hydrogen-bond acceptors (Lipinski definition) is 2. The molecule has 0 aliphatic heterocycles. The first-order chi connectivity index (χ1) is 8.77. The average Bonchev–Trinajstić information content (AvgIpc) is 2.35. The van der Waals surface area contributed by atoms with Crippen molar-refractivity contribution in [1.29, 1.82) is 0 Å². The maximum atomic E-state index is 12.2. The van der Waals surface area contributed by atoms with Gasteiger partial charge in [0.15, 0.2) is 0 Å². The van der Waals surface area contributed by atoms with Crippen LogP contribution in [0.4, 0.5) is 0 Å². The summed E-state index contributed by atoms with van der Waals surface area (Å²) < 4.78 is 0. The first kappa shape index (κ1) is 13.1. The van der Waals surface area contributed by atoms with Gasteiger partial charge in [0.1, 0.15) is 0 Å². The summed E-state index contributed by atoms with van der Waals surface area (Å²) in [5.41, 5.74) is 1.14. The first-order valence-corrected chi connectivity index (χ1v) is 6.74. The fraction of sp³-hybridized carbons (Fsp3) is 0.533. The molecule has 1 saturated carbocycles. The first-order valence-electron chi connectivity index (χ1n) is 6.74. The zero-order chi connectivity index (χ0) is 12.8. The highest BCUT2D eigenvalue weighted by atomic mass is 16.2. The number of carbonyl (C=O) groups excluding carboxylic acids is 1. The van der Waals surface area contributed by atoms with Gasteiger partial charge in [-0.25, -0.2) is 0 Å². The van der Waals surface area contributed by atoms with Gasteiger partial charge >= 0.3 is 0 Å². The molecule has 1 aliphatic rings. The van der Waals surface area contributed by atoms with Crippen LogP contribution in [0.15, 0.2) is 30.3 Å². The third kappa shape index (κ3) is 2.91. The molecule has 0 aromatic heterocycles. The van der Waals surface area contributed by atoms with E-state index < -0.39 is 0 Å². The lowest BCUT2D eigenvalue weighted by molar-refractivity contribution is -0.135. The van der Waals surface area contributed by atoms with E-state index in [9.17, 15) is 4.79 Å². The van der Waals surface area contributed by atoms with Crippen LogP contribution in [0.2, 0.25) is 0 Å². The molecule has 3 nitrogen and oxygen atoms in total. The van der Waals surface area contributed by atoms with Crippen LogP contribution in [0.3, 0.4) is 0 Å². The third-order valence-corrected chi connectivity index (χ3v) is 3.85. The van der Waals surface area contributed by atoms with Crippen molar-refractivity contribution in [2.75, 3.05) is 20.1 Å². The predicted molar refractivity (Wildman–Crippen MR) is 73.4 cm³/mol. The molecule has 1 amide bonds. The molecule has 3 heteroatoms. The van der Waals surface area contributed by atoms with Crippen molar-refractivity contribution in [3.8, 4) is 0 Å². The third-order valence-electron chi connectivity index (χ3n) is 3.85. The fourth-order valence-electron chi connectivity index (χ4n) is 2.58. The largest absolute Gasteiger partial charge is 0.355 e. The standard InChI is InChI=1S/C15H22N2O/c1-16-12-15(9-5-10-15)14(18)17-11-8-13-6-3-2-4-7-13/h2-4,6-7,16H,5,8-12H2,1H3,(H,17,18). The second kappa shape index (κ2) is 6.01. The van der Waals surface area contributed by atoms with Crippen molar-refractivity contribution in [1.82, 2.24) is 10.6 Å². The maximum absolute atomic E-state index is 12.2. The second-order valence-electron chi connectivity index (χ2n) is 5.16. The summed E-state index contributed by atoms with van der Waals surface area (Å²) in [6, 6.07) is 10.3. The maximum Gasteiger partial charge on any atom is 0.227 e. The highest BCUT2D eigenvalue weighted by Crippen LogP contribution is 2.40. The van der Waals surface area contributed by atoms with Gasteiger partial charge in [0.25, 0.3) is 0 Å². The Morgan fingerprint density at radius 2 is 2.00 bits per heavy atom. The normalized spacial score (nSPS) is 16.9. The van der Waals surface area contributed by atoms with E-state index in [2.05, 4.69) is 22.8 Å². The summed E-state index contributed by atoms with van der Waals surface area (Å²) in [6.07, 6.45) is 4.12. The van der Waals surface area contributed by atoms with E-state index in [4.69, 9.17) is 0 Å². The van der Waals surface area contributed by atoms with Crippen molar-refractivity contribution in [2.24, 2.45) is 5.41 Å². The van der Waals surface area contributed by atoms with Crippen LogP contribution in [0, 0.1) is 5.41 Å². The lowest BCUT2D eigenvalue weighted by atomic mass is 9.68. The number of rotatable bonds is 6. The van der Waals surface area contributed by atoms with Crippen molar-refractivity contribution < 1.29 is 4.79 Å². The molecule has 18 heavy (non-hydrogen) atoms. The fourth-order valence-corrected chi connectivity index (χ4v) is 2.58. The number of benzene rings is 1. The molecule has 98 valence electrons. The zero-order valence-corrected chi connectivity index (χ0v) is 11.0. The van der Waals surface area contributed by atoms with Gasteiger partial charge in [0.2, 0.25) is 5.91 Å². The minimum atomic E-state index is -0.133. The number of hydrogen-bond donors (Lipinski definition) is 2. The Morgan fingerprint density at radius 3 is 2.56 bits per heavy atom. The summed E-state index contributed by atoms with van der Waals surface area (Å²) >= 11 is 0. The van der Waals surface area contributed by atoms with Gasteiger partial charge in [0.05, 0.1) is 5.41 Å². The molecule has 0 radical (unpaired) electrons. The molecule has 0 atom stereocenters. The van der Waals surface area contributed by atoms with Crippen LogP contribution in [0.5, 0.6) is 0 Å². The Balaban J connectivity index is 1.78. The molecule has 2 rings (SSSR count). The van der Waals surface area contributed by atoms with E-state index in [1.165, 1.54) is 12.0 Å². The van der Waals surface area contributed by atoms with Crippen LogP contribution in [0.1, 0.15) is 24.8 Å². The van der Waals surface area contributed by atoms with E-state index in [0.29, 0.717) is 0 Å². The average molecular weight is 246 g/mol. The minimum Gasteiger partial charge on any atom is -0.355 e. The van der Waals surface area contributed by atoms with E-state index in [-0.39, 0.29) is 11.3 Å². The van der Waals surface area contributed by atoms with Crippen molar-refractivity contribution >= 4 is 5.91 Å². The highest BCUT2D eigenvalue weighted by molar-refractivity contribution is 5.83. The van der Waals surface area contributed by atoms with Gasteiger partial charge in [-0.3, -0.25) is 4.79 Å². The van der Waals surface area contributed by atoms with Gasteiger partial charge in [-0.2, -0.15) is 0 Å². The van der Waals surface area contributed by atoms with Crippen LogP contribution < -0.4 is 10.6 Å². The Labute approximate surface area is 109 Å². The molecule has 0 saturated heterocycles. The molecule has 0 heterocycles. The van der Waals surface area contributed by atoms with Crippen molar-refractivity contribution in [2.45, 2.75) is 25.7 Å². The molecule has 2 N–H and O–H groups in total. The zero-order valence-electron chi connectivity index (χ0n) is 11.0. The number of nitrogens with one attached hydrogen (secondary N) is 2. The van der Waals surface area contributed by atoms with Gasteiger partial charge in [-0.1, -0.05) is 36.8 Å². The molecule has 0 spiro atoms. The van der Waals surface area contributed by atoms with E-state index in [1.807, 2.05) is 25.2 Å². The Morgan fingerprint density at radius 1 is 1.28 bits per heavy atom. The summed E-state index contributed by atoms with van der Waals surface area (Å²) in [5, 5.41) is 6.22. The summed E-state index contributed by atoms with van der Waals surface area (Å²) in [6.45, 7) is 1.53. The molecule has 1 aromatic rings. The molecule has 0 unspecified atom stereocenters. The number of carbonyl (C=O) groups is 1. The van der Waals surface area contributed by atoms with Gasteiger partial charge < -0.3 is 10.6 Å². The monoisotopic (exact) mass is 246 g/mol. The molecule has 1 aromatic carbocycles. The SMILES string of the molecule is CNCC1(C(=O)NCCc2ccccc2)CCC1. The highest BCUT2D eigenvalue weighted by Gasteiger charge is 2.43. The topological polar surface area (TPSA) is 41.1 Å². The van der Waals surface area contributed by atoms with Crippen LogP contribution in [-0.4, -0.2) is 26.0 Å². The Bertz CT molecular complexity index is 385. The molecule has 1 fully saturated rings. The lowest BCUT2D eigenvalue weighted by Crippen LogP contribution is -2.51. The van der Waals surface area contributed by atoms with Crippen LogP contribution >= 0.6 is 0 Å². The van der Waals surface area contributed by atoms with Gasteiger partial charge in [0, 0.05) is 13.1 Å². The van der Waals surface area contributed by atoms with Gasteiger partial charge in [-0.05, 0) is 31.9 Å². The van der Waals surface area contributed by atoms with Gasteiger partial charge in [-0.15, -0.1) is 0 Å². The van der Waals surface area contributed by atoms with Crippen molar-refractivity contribution in [3.63, 3.8) is 0 Å². The predicted octanol–water partition coefficient (Wildman–Crippen LogP) is 1.73. The summed E-state index contributed by atoms with van der Waals surface area (Å²) in [5.74, 6) is 0.221. The smallest absolute Gasteiger partial charge is 0.227 e. The lowest BCUT2D eigenvalue weighted by Gasteiger charge is -2.40. The second-order valence-corrected chi connectivity index (χ2v) is 5.16. The molecule has 1 aliphatic carbocycles. The molecular weight excluding hydrogens is 224 g/mol. The van der Waals surface area contributed by atoms with E-state index in [1.54, 1.807) is 0 Å². The van der Waals surface area contributed by atoms with E-state index in [0.717, 1.165) is 32.4 Å². The minimum absolute atomic E-state index is 0.133. The molecule has 0 bridgehead atoms. The summed E-state index contributed by atoms with van der Waals surface area (Å²) in [7, 11) is 1.91. The Kier molecular flexibility index (Phi) is 4.37. The quantitative estimate of drug-likeness (QED) is 0.802. The number of amides is 1. The van der Waals surface area contributed by atoms with E-state index >= 15 is 0 Å². The Hall–Kier alpha value is -1.35. The molecular formula is C15H22N2O. The van der Waals surface area contributed by atoms with Crippen LogP contribution in [-0.2, 0) is 11.2 Å². The summed E-state index contributed by atoms with van der Waals surface area (Å²) in [4.78, 5) is 12.2. The van der Waals surface area contributed by atoms with Crippen LogP contribution in [0.25, 0.3) is 0 Å². The van der Waals surface area contributed by atoms with Crippen molar-refractivity contribution in [3.05, 3.63) is 35.9 Å².